The van der Waals surface area contributed by atoms with E-state index in [1.165, 1.54) is 12.1 Å². The molecule has 0 radical (unpaired) electrons. The van der Waals surface area contributed by atoms with Gasteiger partial charge in [0.05, 0.1) is 16.3 Å². The molecule has 0 unspecified atom stereocenters. The Morgan fingerprint density at radius 3 is 2.61 bits per heavy atom. The van der Waals surface area contributed by atoms with Crippen molar-refractivity contribution in [2.75, 3.05) is 5.32 Å². The number of anilines is 1. The molecule has 0 aliphatic rings. The first-order valence-corrected chi connectivity index (χ1v) is 6.29. The molecular weight excluding hydrogens is 318 g/mol. The summed E-state index contributed by atoms with van der Waals surface area (Å²) in [6.07, 6.45) is 0. The molecule has 0 heterocycles. The highest BCUT2D eigenvalue weighted by molar-refractivity contribution is 9.10. The molecule has 0 aromatic heterocycles. The lowest BCUT2D eigenvalue weighted by Gasteiger charge is -2.08. The Balaban J connectivity index is 2.25. The Labute approximate surface area is 118 Å². The summed E-state index contributed by atoms with van der Waals surface area (Å²) in [6, 6.07) is 11.6. The molecule has 1 amide bonds. The number of hydrogen-bond acceptors (Lipinski definition) is 2. The van der Waals surface area contributed by atoms with Gasteiger partial charge in [0.1, 0.15) is 5.75 Å². The van der Waals surface area contributed by atoms with Crippen LogP contribution in [0.3, 0.4) is 0 Å². The fraction of sp³-hybridized carbons (Fsp3) is 0. The number of amides is 1. The second-order valence-electron chi connectivity index (χ2n) is 3.60. The highest BCUT2D eigenvalue weighted by Crippen LogP contribution is 2.25. The van der Waals surface area contributed by atoms with Crippen molar-refractivity contribution >= 4 is 39.1 Å². The fourth-order valence-corrected chi connectivity index (χ4v) is 1.98. The first-order valence-electron chi connectivity index (χ1n) is 5.12. The summed E-state index contributed by atoms with van der Waals surface area (Å²) in [7, 11) is 0. The zero-order valence-corrected chi connectivity index (χ0v) is 11.5. The molecule has 0 aliphatic carbocycles. The Morgan fingerprint density at radius 1 is 1.22 bits per heavy atom. The average Bonchev–Trinajstić information content (AvgIpc) is 2.32. The van der Waals surface area contributed by atoms with Crippen molar-refractivity contribution in [3.8, 4) is 5.75 Å². The number of rotatable bonds is 2. The Kier molecular flexibility index (Phi) is 3.89. The predicted molar refractivity (Wildman–Crippen MR) is 75.2 cm³/mol. The number of halogens is 2. The zero-order valence-electron chi connectivity index (χ0n) is 9.15. The number of nitrogens with one attached hydrogen (secondary N) is 1. The van der Waals surface area contributed by atoms with E-state index in [2.05, 4.69) is 21.2 Å². The lowest BCUT2D eigenvalue weighted by Crippen LogP contribution is -2.12. The number of aromatic hydroxyl groups is 1. The van der Waals surface area contributed by atoms with E-state index in [0.717, 1.165) is 0 Å². The topological polar surface area (TPSA) is 49.3 Å². The van der Waals surface area contributed by atoms with Gasteiger partial charge in [-0.1, -0.05) is 39.7 Å². The fourth-order valence-electron chi connectivity index (χ4n) is 1.45. The van der Waals surface area contributed by atoms with Gasteiger partial charge in [0.25, 0.3) is 5.91 Å². The number of phenolic OH excluding ortho intramolecular Hbond substituents is 1. The molecule has 0 saturated heterocycles. The molecule has 3 nitrogen and oxygen atoms in total. The SMILES string of the molecule is O=C(Nc1ccccc1Cl)c1ccc(Br)cc1O. The number of hydrogen-bond donors (Lipinski definition) is 2. The summed E-state index contributed by atoms with van der Waals surface area (Å²) in [6.45, 7) is 0. The molecule has 0 spiro atoms. The summed E-state index contributed by atoms with van der Waals surface area (Å²) in [5, 5.41) is 12.8. The quantitative estimate of drug-likeness (QED) is 0.874. The van der Waals surface area contributed by atoms with E-state index >= 15 is 0 Å². The smallest absolute Gasteiger partial charge is 0.259 e. The molecule has 2 N–H and O–H groups in total. The summed E-state index contributed by atoms with van der Waals surface area (Å²) < 4.78 is 0.703. The molecule has 0 aliphatic heterocycles. The maximum atomic E-state index is 12.0. The van der Waals surface area contributed by atoms with Gasteiger partial charge in [0.2, 0.25) is 0 Å². The molecular formula is C13H9BrClNO2. The lowest BCUT2D eigenvalue weighted by atomic mass is 10.2. The molecule has 0 bridgehead atoms. The highest BCUT2D eigenvalue weighted by Gasteiger charge is 2.12. The van der Waals surface area contributed by atoms with Crippen LogP contribution in [0.5, 0.6) is 5.75 Å². The van der Waals surface area contributed by atoms with Crippen LogP contribution >= 0.6 is 27.5 Å². The summed E-state index contributed by atoms with van der Waals surface area (Å²) >= 11 is 9.15. The van der Waals surface area contributed by atoms with E-state index in [1.54, 1.807) is 30.3 Å². The monoisotopic (exact) mass is 325 g/mol. The second-order valence-corrected chi connectivity index (χ2v) is 4.92. The maximum absolute atomic E-state index is 12.0. The van der Waals surface area contributed by atoms with Gasteiger partial charge in [0, 0.05) is 4.47 Å². The van der Waals surface area contributed by atoms with Gasteiger partial charge in [-0.15, -0.1) is 0 Å². The molecule has 5 heteroatoms. The molecule has 18 heavy (non-hydrogen) atoms. The number of carbonyl (C=O) groups excluding carboxylic acids is 1. The van der Waals surface area contributed by atoms with Crippen molar-refractivity contribution in [1.29, 1.82) is 0 Å². The minimum Gasteiger partial charge on any atom is -0.507 e. The molecule has 0 fully saturated rings. The molecule has 0 atom stereocenters. The first-order chi connectivity index (χ1) is 8.58. The van der Waals surface area contributed by atoms with Crippen LogP contribution in [0.25, 0.3) is 0 Å². The van der Waals surface area contributed by atoms with Gasteiger partial charge in [-0.05, 0) is 30.3 Å². The Hall–Kier alpha value is -1.52. The summed E-state index contributed by atoms with van der Waals surface area (Å²) in [4.78, 5) is 12.0. The van der Waals surface area contributed by atoms with Gasteiger partial charge >= 0.3 is 0 Å². The molecule has 2 rings (SSSR count). The van der Waals surface area contributed by atoms with E-state index < -0.39 is 5.91 Å². The van der Waals surface area contributed by atoms with Crippen LogP contribution in [0.15, 0.2) is 46.9 Å². The third-order valence-corrected chi connectivity index (χ3v) is 3.15. The van der Waals surface area contributed by atoms with Gasteiger partial charge < -0.3 is 10.4 Å². The standard InChI is InChI=1S/C13H9BrClNO2/c14-8-5-6-9(12(17)7-8)13(18)16-11-4-2-1-3-10(11)15/h1-7,17H,(H,16,18). The molecule has 2 aromatic carbocycles. The van der Waals surface area contributed by atoms with E-state index in [1.807, 2.05) is 0 Å². The van der Waals surface area contributed by atoms with E-state index in [0.29, 0.717) is 15.2 Å². The van der Waals surface area contributed by atoms with Gasteiger partial charge in [0.15, 0.2) is 0 Å². The van der Waals surface area contributed by atoms with E-state index in [4.69, 9.17) is 11.6 Å². The zero-order chi connectivity index (χ0) is 13.1. The van der Waals surface area contributed by atoms with Gasteiger partial charge in [-0.25, -0.2) is 0 Å². The van der Waals surface area contributed by atoms with Crippen LogP contribution in [-0.2, 0) is 0 Å². The number of para-hydroxylation sites is 1. The Morgan fingerprint density at radius 2 is 1.94 bits per heavy atom. The van der Waals surface area contributed by atoms with Crippen LogP contribution < -0.4 is 5.32 Å². The van der Waals surface area contributed by atoms with Crippen molar-refractivity contribution in [2.45, 2.75) is 0 Å². The first kappa shape index (κ1) is 12.9. The minimum absolute atomic E-state index is 0.0890. The number of phenols is 1. The summed E-state index contributed by atoms with van der Waals surface area (Å²) in [5.41, 5.74) is 0.699. The molecule has 2 aromatic rings. The normalized spacial score (nSPS) is 10.1. The third kappa shape index (κ3) is 2.83. The van der Waals surface area contributed by atoms with Crippen LogP contribution in [0.1, 0.15) is 10.4 Å². The van der Waals surface area contributed by atoms with Crippen molar-refractivity contribution in [3.63, 3.8) is 0 Å². The predicted octanol–water partition coefficient (Wildman–Crippen LogP) is 4.06. The van der Waals surface area contributed by atoms with E-state index in [9.17, 15) is 9.90 Å². The highest BCUT2D eigenvalue weighted by atomic mass is 79.9. The van der Waals surface area contributed by atoms with Crippen LogP contribution in [0.2, 0.25) is 5.02 Å². The van der Waals surface area contributed by atoms with Crippen LogP contribution in [0, 0.1) is 0 Å². The summed E-state index contributed by atoms with van der Waals surface area (Å²) in [5.74, 6) is -0.498. The average molecular weight is 327 g/mol. The lowest BCUT2D eigenvalue weighted by molar-refractivity contribution is 0.102. The maximum Gasteiger partial charge on any atom is 0.259 e. The van der Waals surface area contributed by atoms with Crippen molar-refractivity contribution in [1.82, 2.24) is 0 Å². The number of benzene rings is 2. The van der Waals surface area contributed by atoms with E-state index in [-0.39, 0.29) is 11.3 Å². The molecule has 0 saturated carbocycles. The minimum atomic E-state index is -0.409. The van der Waals surface area contributed by atoms with Crippen molar-refractivity contribution < 1.29 is 9.90 Å². The molecule has 92 valence electrons. The second kappa shape index (κ2) is 5.42. The largest absolute Gasteiger partial charge is 0.507 e. The van der Waals surface area contributed by atoms with Crippen LogP contribution in [-0.4, -0.2) is 11.0 Å². The van der Waals surface area contributed by atoms with Crippen molar-refractivity contribution in [2.24, 2.45) is 0 Å². The van der Waals surface area contributed by atoms with Crippen molar-refractivity contribution in [3.05, 3.63) is 57.5 Å². The van der Waals surface area contributed by atoms with Crippen LogP contribution in [0.4, 0.5) is 5.69 Å². The Bertz CT molecular complexity index is 601. The van der Waals surface area contributed by atoms with Gasteiger partial charge in [-0.3, -0.25) is 4.79 Å². The van der Waals surface area contributed by atoms with Gasteiger partial charge in [-0.2, -0.15) is 0 Å². The third-order valence-electron chi connectivity index (χ3n) is 2.33. The number of carbonyl (C=O) groups is 1.